The first kappa shape index (κ1) is 19.3. The summed E-state index contributed by atoms with van der Waals surface area (Å²) in [6.45, 7) is 0. The van der Waals surface area contributed by atoms with Crippen LogP contribution in [0, 0.1) is 0 Å². The number of tetrazole rings is 1. The van der Waals surface area contributed by atoms with Gasteiger partial charge in [0, 0.05) is 5.02 Å². The quantitative estimate of drug-likeness (QED) is 0.471. The highest BCUT2D eigenvalue weighted by Crippen LogP contribution is 2.32. The fourth-order valence-electron chi connectivity index (χ4n) is 3.63. The summed E-state index contributed by atoms with van der Waals surface area (Å²) in [5, 5.41) is 13.6. The van der Waals surface area contributed by atoms with Crippen molar-refractivity contribution in [3.05, 3.63) is 112 Å². The van der Waals surface area contributed by atoms with Gasteiger partial charge in [-0.3, -0.25) is 4.90 Å². The van der Waals surface area contributed by atoms with Crippen molar-refractivity contribution in [3.63, 3.8) is 0 Å². The zero-order valence-corrected chi connectivity index (χ0v) is 17.1. The fourth-order valence-corrected chi connectivity index (χ4v) is 3.76. The largest absolute Gasteiger partial charge is 0.296 e. The Labute approximate surface area is 175 Å². The van der Waals surface area contributed by atoms with E-state index in [2.05, 4.69) is 44.7 Å². The van der Waals surface area contributed by atoms with Crippen LogP contribution < -0.4 is 0 Å². The highest BCUT2D eigenvalue weighted by Gasteiger charge is 2.28. The molecule has 0 aliphatic rings. The van der Waals surface area contributed by atoms with Crippen LogP contribution in [-0.2, 0) is 0 Å². The third kappa shape index (κ3) is 4.06. The summed E-state index contributed by atoms with van der Waals surface area (Å²) in [4.78, 5) is 2.11. The Morgan fingerprint density at radius 3 is 1.83 bits per heavy atom. The van der Waals surface area contributed by atoms with Crippen molar-refractivity contribution in [2.45, 2.75) is 12.1 Å². The minimum Gasteiger partial charge on any atom is -0.296 e. The van der Waals surface area contributed by atoms with E-state index >= 15 is 0 Å². The SMILES string of the molecule is CN(C)[C@H](c1ccc(Cl)cc1)c1nnnn1C(c1ccccc1)c1ccccc1. The lowest BCUT2D eigenvalue weighted by Crippen LogP contribution is -2.27. The number of halogens is 1. The molecular formula is C23H22ClN5. The molecular weight excluding hydrogens is 382 g/mol. The molecule has 0 bridgehead atoms. The van der Waals surface area contributed by atoms with Crippen LogP contribution in [0.1, 0.15) is 34.6 Å². The molecule has 0 radical (unpaired) electrons. The highest BCUT2D eigenvalue weighted by molar-refractivity contribution is 6.30. The summed E-state index contributed by atoms with van der Waals surface area (Å²) in [5.74, 6) is 0.773. The molecule has 0 aliphatic carbocycles. The maximum Gasteiger partial charge on any atom is 0.174 e. The Morgan fingerprint density at radius 1 is 0.759 bits per heavy atom. The molecule has 0 amide bonds. The molecule has 29 heavy (non-hydrogen) atoms. The second kappa shape index (κ2) is 8.55. The molecule has 0 spiro atoms. The van der Waals surface area contributed by atoms with E-state index in [0.717, 1.165) is 22.5 Å². The Bertz CT molecular complexity index is 1010. The predicted molar refractivity (Wildman–Crippen MR) is 115 cm³/mol. The molecule has 0 unspecified atom stereocenters. The third-order valence-electron chi connectivity index (χ3n) is 4.94. The lowest BCUT2D eigenvalue weighted by molar-refractivity contribution is 0.315. The van der Waals surface area contributed by atoms with E-state index in [9.17, 15) is 0 Å². The zero-order valence-electron chi connectivity index (χ0n) is 16.4. The summed E-state index contributed by atoms with van der Waals surface area (Å²) < 4.78 is 1.92. The van der Waals surface area contributed by atoms with Gasteiger partial charge in [-0.2, -0.15) is 0 Å². The molecule has 3 aromatic carbocycles. The van der Waals surface area contributed by atoms with E-state index in [1.165, 1.54) is 0 Å². The van der Waals surface area contributed by atoms with Crippen molar-refractivity contribution in [2.24, 2.45) is 0 Å². The molecule has 146 valence electrons. The first-order valence-corrected chi connectivity index (χ1v) is 9.82. The van der Waals surface area contributed by atoms with Crippen molar-refractivity contribution in [2.75, 3.05) is 14.1 Å². The molecule has 1 atom stereocenters. The van der Waals surface area contributed by atoms with Crippen LogP contribution in [0.25, 0.3) is 0 Å². The van der Waals surface area contributed by atoms with Gasteiger partial charge in [0.25, 0.3) is 0 Å². The number of hydrogen-bond acceptors (Lipinski definition) is 4. The topological polar surface area (TPSA) is 46.8 Å². The molecule has 6 heteroatoms. The standard InChI is InChI=1S/C23H22ClN5/c1-28(2)22(19-13-15-20(24)16-14-19)23-25-26-27-29(23)21(17-9-5-3-6-10-17)18-11-7-4-8-12-18/h3-16,21-22H,1-2H3/t22-/m1/s1. The minimum atomic E-state index is -0.128. The Morgan fingerprint density at radius 2 is 1.31 bits per heavy atom. The van der Waals surface area contributed by atoms with Crippen molar-refractivity contribution in [1.29, 1.82) is 0 Å². The Balaban J connectivity index is 1.86. The summed E-state index contributed by atoms with van der Waals surface area (Å²) in [7, 11) is 4.05. The van der Waals surface area contributed by atoms with Crippen LogP contribution in [0.3, 0.4) is 0 Å². The number of nitrogens with zero attached hydrogens (tertiary/aromatic N) is 5. The van der Waals surface area contributed by atoms with Crippen LogP contribution in [0.15, 0.2) is 84.9 Å². The number of hydrogen-bond donors (Lipinski definition) is 0. The van der Waals surface area contributed by atoms with Crippen molar-refractivity contribution in [1.82, 2.24) is 25.1 Å². The fraction of sp³-hybridized carbons (Fsp3) is 0.174. The van der Waals surface area contributed by atoms with Gasteiger partial charge < -0.3 is 0 Å². The van der Waals surface area contributed by atoms with E-state index in [4.69, 9.17) is 11.6 Å². The second-order valence-corrected chi connectivity index (χ2v) is 7.56. The smallest absolute Gasteiger partial charge is 0.174 e. The molecule has 5 nitrogen and oxygen atoms in total. The molecule has 0 saturated heterocycles. The average molecular weight is 404 g/mol. The van der Waals surface area contributed by atoms with Crippen molar-refractivity contribution < 1.29 is 0 Å². The number of aromatic nitrogens is 4. The molecule has 0 saturated carbocycles. The van der Waals surface area contributed by atoms with Crippen LogP contribution in [0.4, 0.5) is 0 Å². The highest BCUT2D eigenvalue weighted by atomic mass is 35.5. The van der Waals surface area contributed by atoms with Crippen LogP contribution >= 0.6 is 11.6 Å². The van der Waals surface area contributed by atoms with Crippen LogP contribution in [0.5, 0.6) is 0 Å². The Kier molecular flexibility index (Phi) is 5.69. The van der Waals surface area contributed by atoms with E-state index in [0.29, 0.717) is 5.02 Å². The summed E-state index contributed by atoms with van der Waals surface area (Å²) in [6.07, 6.45) is 0. The summed E-state index contributed by atoms with van der Waals surface area (Å²) in [5.41, 5.74) is 3.33. The van der Waals surface area contributed by atoms with Gasteiger partial charge in [0.2, 0.25) is 0 Å². The lowest BCUT2D eigenvalue weighted by atomic mass is 9.98. The van der Waals surface area contributed by atoms with E-state index in [-0.39, 0.29) is 12.1 Å². The van der Waals surface area contributed by atoms with Gasteiger partial charge in [-0.1, -0.05) is 84.4 Å². The zero-order chi connectivity index (χ0) is 20.2. The molecule has 4 rings (SSSR count). The van der Waals surface area contributed by atoms with Crippen LogP contribution in [-0.4, -0.2) is 39.2 Å². The first-order valence-electron chi connectivity index (χ1n) is 9.44. The van der Waals surface area contributed by atoms with E-state index in [1.807, 2.05) is 79.4 Å². The lowest BCUT2D eigenvalue weighted by Gasteiger charge is -2.27. The van der Waals surface area contributed by atoms with Crippen LogP contribution in [0.2, 0.25) is 5.02 Å². The van der Waals surface area contributed by atoms with E-state index in [1.54, 1.807) is 0 Å². The maximum atomic E-state index is 6.10. The van der Waals surface area contributed by atoms with E-state index < -0.39 is 0 Å². The van der Waals surface area contributed by atoms with Gasteiger partial charge >= 0.3 is 0 Å². The second-order valence-electron chi connectivity index (χ2n) is 7.12. The predicted octanol–water partition coefficient (Wildman–Crippen LogP) is 4.62. The normalized spacial score (nSPS) is 12.4. The number of rotatable bonds is 6. The molecule has 0 aliphatic heterocycles. The van der Waals surface area contributed by atoms with Crippen molar-refractivity contribution in [3.8, 4) is 0 Å². The number of benzene rings is 3. The molecule has 4 aromatic rings. The maximum absolute atomic E-state index is 6.10. The Hall–Kier alpha value is -3.02. The van der Waals surface area contributed by atoms with Gasteiger partial charge in [0.05, 0.1) is 6.04 Å². The molecule has 0 fully saturated rings. The minimum absolute atomic E-state index is 0.114. The van der Waals surface area contributed by atoms with Gasteiger partial charge in [0.15, 0.2) is 5.82 Å². The molecule has 1 aromatic heterocycles. The third-order valence-corrected chi connectivity index (χ3v) is 5.19. The first-order chi connectivity index (χ1) is 14.1. The molecule has 1 heterocycles. The van der Waals surface area contributed by atoms with Gasteiger partial charge in [-0.15, -0.1) is 5.10 Å². The molecule has 0 N–H and O–H groups in total. The monoisotopic (exact) mass is 403 g/mol. The van der Waals surface area contributed by atoms with Gasteiger partial charge in [0.1, 0.15) is 6.04 Å². The summed E-state index contributed by atoms with van der Waals surface area (Å²) in [6, 6.07) is 28.2. The van der Waals surface area contributed by atoms with Gasteiger partial charge in [-0.25, -0.2) is 4.68 Å². The van der Waals surface area contributed by atoms with Gasteiger partial charge in [-0.05, 0) is 53.3 Å². The average Bonchev–Trinajstić information content (AvgIpc) is 3.20. The van der Waals surface area contributed by atoms with Crippen molar-refractivity contribution >= 4 is 11.6 Å². The summed E-state index contributed by atoms with van der Waals surface area (Å²) >= 11 is 6.10.